The topological polar surface area (TPSA) is 38.7 Å². The lowest BCUT2D eigenvalue weighted by atomic mass is 10.4. The first kappa shape index (κ1) is 10.9. The molecule has 0 amide bonds. The van der Waals surface area contributed by atoms with E-state index in [-0.39, 0.29) is 5.97 Å². The number of ether oxygens (including phenoxy) is 1. The molecule has 0 fully saturated rings. The minimum Gasteiger partial charge on any atom is -0.462 e. The fourth-order valence-corrected chi connectivity index (χ4v) is 0.624. The monoisotopic (exact) mass is 169 g/mol. The molecule has 0 rings (SSSR count). The van der Waals surface area contributed by atoms with Crippen molar-refractivity contribution in [3.05, 3.63) is 12.7 Å². The molecule has 68 valence electrons. The molecule has 0 aromatic carbocycles. The molecule has 3 nitrogen and oxygen atoms in total. The quantitative estimate of drug-likeness (QED) is 0.271. The summed E-state index contributed by atoms with van der Waals surface area (Å²) < 4.78 is 4.74. The second kappa shape index (κ2) is 6.58. The summed E-state index contributed by atoms with van der Waals surface area (Å²) in [6.07, 6.45) is 2.55. The van der Waals surface area contributed by atoms with Gasteiger partial charge in [-0.1, -0.05) is 6.08 Å². The number of aliphatic imine (C=N–C) groups is 1. The first-order valence-corrected chi connectivity index (χ1v) is 4.01. The molecule has 0 aliphatic rings. The number of nitrogens with zero attached hydrogens (tertiary/aromatic N) is 1. The summed E-state index contributed by atoms with van der Waals surface area (Å²) in [5, 5.41) is 0. The van der Waals surface area contributed by atoms with E-state index in [9.17, 15) is 4.79 Å². The molecule has 3 heteroatoms. The largest absolute Gasteiger partial charge is 0.462 e. The molecular weight excluding hydrogens is 154 g/mol. The van der Waals surface area contributed by atoms with Crippen LogP contribution < -0.4 is 0 Å². The Morgan fingerprint density at radius 3 is 2.83 bits per heavy atom. The van der Waals surface area contributed by atoms with Crippen LogP contribution in [0.25, 0.3) is 0 Å². The van der Waals surface area contributed by atoms with E-state index in [2.05, 4.69) is 11.6 Å². The Labute approximate surface area is 73.1 Å². The fraction of sp³-hybridized carbons (Fsp3) is 0.556. The van der Waals surface area contributed by atoms with Crippen LogP contribution in [0.15, 0.2) is 17.6 Å². The highest BCUT2D eigenvalue weighted by molar-refractivity contribution is 6.35. The SMILES string of the molecule is C=CCCN=C(C)C(=O)OCC. The average Bonchev–Trinajstić information content (AvgIpc) is 2.05. The van der Waals surface area contributed by atoms with Crippen molar-refractivity contribution >= 4 is 11.7 Å². The molecule has 0 aromatic heterocycles. The maximum Gasteiger partial charge on any atom is 0.351 e. The first-order chi connectivity index (χ1) is 5.72. The third-order valence-electron chi connectivity index (χ3n) is 1.25. The molecule has 0 aliphatic carbocycles. The summed E-state index contributed by atoms with van der Waals surface area (Å²) in [6, 6.07) is 0. The van der Waals surface area contributed by atoms with E-state index in [1.807, 2.05) is 0 Å². The van der Waals surface area contributed by atoms with E-state index in [1.54, 1.807) is 19.9 Å². The lowest BCUT2D eigenvalue weighted by Crippen LogP contribution is -2.14. The Kier molecular flexibility index (Phi) is 5.97. The van der Waals surface area contributed by atoms with Crippen molar-refractivity contribution in [1.29, 1.82) is 0 Å². The standard InChI is InChI=1S/C9H15NO2/c1-4-6-7-10-8(3)9(11)12-5-2/h4H,1,5-7H2,2-3H3. The summed E-state index contributed by atoms with van der Waals surface area (Å²) in [6.45, 7) is 7.98. The molecule has 0 unspecified atom stereocenters. The third-order valence-corrected chi connectivity index (χ3v) is 1.25. The molecule has 0 saturated carbocycles. The van der Waals surface area contributed by atoms with Gasteiger partial charge >= 0.3 is 5.97 Å². The van der Waals surface area contributed by atoms with Crippen molar-refractivity contribution in [2.75, 3.05) is 13.2 Å². The molecule has 0 N–H and O–H groups in total. The van der Waals surface area contributed by atoms with Crippen LogP contribution in [0.5, 0.6) is 0 Å². The van der Waals surface area contributed by atoms with Gasteiger partial charge in [-0.3, -0.25) is 4.99 Å². The van der Waals surface area contributed by atoms with Crippen LogP contribution in [-0.4, -0.2) is 24.8 Å². The Morgan fingerprint density at radius 2 is 2.33 bits per heavy atom. The predicted octanol–water partition coefficient (Wildman–Crippen LogP) is 1.59. The number of carbonyl (C=O) groups excluding carboxylic acids is 1. The van der Waals surface area contributed by atoms with Crippen LogP contribution in [-0.2, 0) is 9.53 Å². The lowest BCUT2D eigenvalue weighted by Gasteiger charge is -1.99. The van der Waals surface area contributed by atoms with Gasteiger partial charge in [0.05, 0.1) is 6.61 Å². The molecule has 0 aliphatic heterocycles. The zero-order chi connectivity index (χ0) is 9.40. The Balaban J connectivity index is 3.81. The van der Waals surface area contributed by atoms with Crippen molar-refractivity contribution in [3.8, 4) is 0 Å². The highest BCUT2D eigenvalue weighted by Gasteiger charge is 2.04. The second-order valence-electron chi connectivity index (χ2n) is 2.26. The summed E-state index contributed by atoms with van der Waals surface area (Å²) in [7, 11) is 0. The van der Waals surface area contributed by atoms with E-state index in [0.29, 0.717) is 18.9 Å². The maximum atomic E-state index is 11.0. The summed E-state index contributed by atoms with van der Waals surface area (Å²) in [4.78, 5) is 15.0. The van der Waals surface area contributed by atoms with Gasteiger partial charge in [-0.15, -0.1) is 6.58 Å². The smallest absolute Gasteiger partial charge is 0.351 e. The molecular formula is C9H15NO2. The van der Waals surface area contributed by atoms with Crippen LogP contribution in [0.1, 0.15) is 20.3 Å². The molecule has 0 bridgehead atoms. The molecule has 0 atom stereocenters. The van der Waals surface area contributed by atoms with Gasteiger partial charge in [-0.05, 0) is 20.3 Å². The van der Waals surface area contributed by atoms with Crippen molar-refractivity contribution in [2.45, 2.75) is 20.3 Å². The normalized spacial score (nSPS) is 11.0. The predicted molar refractivity (Wildman–Crippen MR) is 49.4 cm³/mol. The second-order valence-corrected chi connectivity index (χ2v) is 2.26. The van der Waals surface area contributed by atoms with E-state index < -0.39 is 0 Å². The van der Waals surface area contributed by atoms with Gasteiger partial charge in [-0.25, -0.2) is 4.79 Å². The number of carbonyl (C=O) groups is 1. The van der Waals surface area contributed by atoms with Crippen molar-refractivity contribution in [2.24, 2.45) is 4.99 Å². The van der Waals surface area contributed by atoms with E-state index >= 15 is 0 Å². The summed E-state index contributed by atoms with van der Waals surface area (Å²) >= 11 is 0. The minimum atomic E-state index is -0.332. The van der Waals surface area contributed by atoms with Crippen molar-refractivity contribution < 1.29 is 9.53 Å². The number of rotatable bonds is 5. The van der Waals surface area contributed by atoms with E-state index in [0.717, 1.165) is 6.42 Å². The number of hydrogen-bond acceptors (Lipinski definition) is 3. The van der Waals surface area contributed by atoms with E-state index in [4.69, 9.17) is 4.74 Å². The summed E-state index contributed by atoms with van der Waals surface area (Å²) in [5.74, 6) is -0.332. The number of esters is 1. The maximum absolute atomic E-state index is 11.0. The Bertz CT molecular complexity index is 185. The van der Waals surface area contributed by atoms with E-state index in [1.165, 1.54) is 0 Å². The van der Waals surface area contributed by atoms with Crippen LogP contribution in [0.4, 0.5) is 0 Å². The van der Waals surface area contributed by atoms with Crippen LogP contribution in [0, 0.1) is 0 Å². The molecule has 0 aromatic rings. The fourth-order valence-electron chi connectivity index (χ4n) is 0.624. The van der Waals surface area contributed by atoms with Gasteiger partial charge in [-0.2, -0.15) is 0 Å². The molecule has 0 spiro atoms. The molecule has 0 saturated heterocycles. The highest BCUT2D eigenvalue weighted by Crippen LogP contribution is 1.87. The zero-order valence-electron chi connectivity index (χ0n) is 7.67. The van der Waals surface area contributed by atoms with Gasteiger partial charge in [0.25, 0.3) is 0 Å². The van der Waals surface area contributed by atoms with Gasteiger partial charge in [0.2, 0.25) is 0 Å². The van der Waals surface area contributed by atoms with Gasteiger partial charge < -0.3 is 4.74 Å². The Morgan fingerprint density at radius 1 is 1.67 bits per heavy atom. The average molecular weight is 169 g/mol. The van der Waals surface area contributed by atoms with Gasteiger partial charge in [0, 0.05) is 6.54 Å². The molecule has 12 heavy (non-hydrogen) atoms. The molecule has 0 radical (unpaired) electrons. The van der Waals surface area contributed by atoms with Crippen molar-refractivity contribution in [1.82, 2.24) is 0 Å². The van der Waals surface area contributed by atoms with Crippen LogP contribution >= 0.6 is 0 Å². The highest BCUT2D eigenvalue weighted by atomic mass is 16.5. The molecule has 0 heterocycles. The third kappa shape index (κ3) is 4.66. The Hall–Kier alpha value is -1.12. The summed E-state index contributed by atoms with van der Waals surface area (Å²) in [5.41, 5.74) is 0.429. The van der Waals surface area contributed by atoms with Crippen LogP contribution in [0.3, 0.4) is 0 Å². The van der Waals surface area contributed by atoms with Crippen molar-refractivity contribution in [3.63, 3.8) is 0 Å². The van der Waals surface area contributed by atoms with Gasteiger partial charge in [0.1, 0.15) is 5.71 Å². The van der Waals surface area contributed by atoms with Gasteiger partial charge in [0.15, 0.2) is 0 Å². The zero-order valence-corrected chi connectivity index (χ0v) is 7.67. The van der Waals surface area contributed by atoms with Crippen LogP contribution in [0.2, 0.25) is 0 Å². The first-order valence-electron chi connectivity index (χ1n) is 4.01. The number of hydrogen-bond donors (Lipinski definition) is 0. The minimum absolute atomic E-state index is 0.332. The lowest BCUT2D eigenvalue weighted by molar-refractivity contribution is -0.135.